The Hall–Kier alpha value is -1.91. The minimum atomic E-state index is -1.15. The Balaban J connectivity index is 2.61. The zero-order chi connectivity index (χ0) is 11.3. The highest BCUT2D eigenvalue weighted by Gasteiger charge is 2.08. The van der Waals surface area contributed by atoms with Crippen molar-refractivity contribution in [1.29, 1.82) is 0 Å². The fourth-order valence-electron chi connectivity index (χ4n) is 0.901. The van der Waals surface area contributed by atoms with Crippen molar-refractivity contribution in [3.05, 3.63) is 42.0 Å². The standard InChI is InChI=1S/C10H8F2O3/c11-7-3-1-4-8(12)10(7)15-6-2-5-9(13)14/h1-5H,6H2,(H,13,14)/b5-2+. The summed E-state index contributed by atoms with van der Waals surface area (Å²) in [5.41, 5.74) is 0. The van der Waals surface area contributed by atoms with Crippen LogP contribution >= 0.6 is 0 Å². The zero-order valence-electron chi connectivity index (χ0n) is 7.61. The largest absolute Gasteiger partial charge is 0.483 e. The number of benzene rings is 1. The third-order valence-corrected chi connectivity index (χ3v) is 1.50. The van der Waals surface area contributed by atoms with Crippen molar-refractivity contribution >= 4 is 5.97 Å². The molecule has 0 heterocycles. The number of rotatable bonds is 4. The van der Waals surface area contributed by atoms with Crippen LogP contribution in [-0.4, -0.2) is 17.7 Å². The van der Waals surface area contributed by atoms with Crippen LogP contribution in [0.4, 0.5) is 8.78 Å². The predicted molar refractivity (Wildman–Crippen MR) is 48.6 cm³/mol. The Morgan fingerprint density at radius 1 is 1.40 bits per heavy atom. The van der Waals surface area contributed by atoms with E-state index in [0.717, 1.165) is 24.3 Å². The molecule has 0 radical (unpaired) electrons. The molecule has 0 aliphatic heterocycles. The normalized spacial score (nSPS) is 10.5. The summed E-state index contributed by atoms with van der Waals surface area (Å²) in [6.45, 7) is -0.204. The maximum atomic E-state index is 12.9. The van der Waals surface area contributed by atoms with Gasteiger partial charge in [-0.1, -0.05) is 6.07 Å². The lowest BCUT2D eigenvalue weighted by Gasteiger charge is -2.04. The molecule has 0 atom stereocenters. The second kappa shape index (κ2) is 5.09. The van der Waals surface area contributed by atoms with E-state index in [1.54, 1.807) is 0 Å². The maximum Gasteiger partial charge on any atom is 0.328 e. The van der Waals surface area contributed by atoms with E-state index in [1.807, 2.05) is 0 Å². The summed E-state index contributed by atoms with van der Waals surface area (Å²) in [6, 6.07) is 3.32. The fourth-order valence-corrected chi connectivity index (χ4v) is 0.901. The van der Waals surface area contributed by atoms with E-state index >= 15 is 0 Å². The first-order valence-corrected chi connectivity index (χ1v) is 4.07. The smallest absolute Gasteiger partial charge is 0.328 e. The molecule has 1 rings (SSSR count). The molecule has 0 bridgehead atoms. The average Bonchev–Trinajstić information content (AvgIpc) is 2.15. The summed E-state index contributed by atoms with van der Waals surface area (Å²) in [6.07, 6.45) is 1.98. The van der Waals surface area contributed by atoms with Gasteiger partial charge < -0.3 is 9.84 Å². The molecule has 1 aromatic rings. The Morgan fingerprint density at radius 2 is 2.00 bits per heavy atom. The van der Waals surface area contributed by atoms with Gasteiger partial charge in [0.1, 0.15) is 6.61 Å². The third kappa shape index (κ3) is 3.38. The molecule has 0 fully saturated rings. The van der Waals surface area contributed by atoms with E-state index in [0.29, 0.717) is 0 Å². The number of carboxylic acid groups (broad SMARTS) is 1. The first-order chi connectivity index (χ1) is 7.11. The fraction of sp³-hybridized carbons (Fsp3) is 0.100. The van der Waals surface area contributed by atoms with Gasteiger partial charge in [-0.25, -0.2) is 13.6 Å². The molecule has 15 heavy (non-hydrogen) atoms. The highest BCUT2D eigenvalue weighted by molar-refractivity contribution is 5.79. The van der Waals surface area contributed by atoms with Crippen LogP contribution in [0.3, 0.4) is 0 Å². The van der Waals surface area contributed by atoms with Gasteiger partial charge >= 0.3 is 5.97 Å². The summed E-state index contributed by atoms with van der Waals surface area (Å²) in [5, 5.41) is 8.23. The van der Waals surface area contributed by atoms with Gasteiger partial charge in [0.2, 0.25) is 0 Å². The van der Waals surface area contributed by atoms with Crippen molar-refractivity contribution in [2.24, 2.45) is 0 Å². The van der Waals surface area contributed by atoms with Gasteiger partial charge in [0.25, 0.3) is 0 Å². The van der Waals surface area contributed by atoms with Crippen molar-refractivity contribution in [1.82, 2.24) is 0 Å². The Kier molecular flexibility index (Phi) is 3.79. The number of carboxylic acids is 1. The second-order valence-electron chi connectivity index (χ2n) is 2.60. The molecule has 0 aliphatic rings. The second-order valence-corrected chi connectivity index (χ2v) is 2.60. The number of aliphatic carboxylic acids is 1. The molecule has 5 heteroatoms. The van der Waals surface area contributed by atoms with Crippen molar-refractivity contribution < 1.29 is 23.4 Å². The van der Waals surface area contributed by atoms with Gasteiger partial charge in [0.15, 0.2) is 17.4 Å². The molecule has 0 amide bonds. The molecule has 0 spiro atoms. The van der Waals surface area contributed by atoms with Gasteiger partial charge in [-0.3, -0.25) is 0 Å². The summed E-state index contributed by atoms with van der Waals surface area (Å²) < 4.78 is 30.6. The number of para-hydroxylation sites is 1. The van der Waals surface area contributed by atoms with Crippen molar-refractivity contribution in [2.75, 3.05) is 6.61 Å². The van der Waals surface area contributed by atoms with E-state index in [1.165, 1.54) is 6.07 Å². The maximum absolute atomic E-state index is 12.9. The lowest BCUT2D eigenvalue weighted by molar-refractivity contribution is -0.131. The Labute approximate surface area is 84.6 Å². The van der Waals surface area contributed by atoms with Crippen molar-refractivity contribution in [2.45, 2.75) is 0 Å². The summed E-state index contributed by atoms with van der Waals surface area (Å²) in [7, 11) is 0. The highest BCUT2D eigenvalue weighted by Crippen LogP contribution is 2.20. The average molecular weight is 214 g/mol. The van der Waals surface area contributed by atoms with Gasteiger partial charge in [-0.15, -0.1) is 0 Å². The molecule has 0 saturated heterocycles. The minimum Gasteiger partial charge on any atom is -0.483 e. The molecule has 0 saturated carbocycles. The zero-order valence-corrected chi connectivity index (χ0v) is 7.61. The first-order valence-electron chi connectivity index (χ1n) is 4.07. The van der Waals surface area contributed by atoms with Crippen LogP contribution in [0.1, 0.15) is 0 Å². The molecule has 3 nitrogen and oxygen atoms in total. The van der Waals surface area contributed by atoms with Crippen LogP contribution in [0.15, 0.2) is 30.4 Å². The minimum absolute atomic E-state index is 0.204. The molecular formula is C10H8F2O3. The number of hydrogen-bond acceptors (Lipinski definition) is 2. The number of carbonyl (C=O) groups is 1. The lowest BCUT2D eigenvalue weighted by atomic mass is 10.3. The van der Waals surface area contributed by atoms with Gasteiger partial charge in [-0.2, -0.15) is 0 Å². The first kappa shape index (κ1) is 11.2. The van der Waals surface area contributed by atoms with Crippen LogP contribution in [0.25, 0.3) is 0 Å². The molecule has 1 N–H and O–H groups in total. The summed E-state index contributed by atoms with van der Waals surface area (Å²) >= 11 is 0. The number of ether oxygens (including phenoxy) is 1. The SMILES string of the molecule is O=C(O)/C=C/COc1c(F)cccc1F. The van der Waals surface area contributed by atoms with Crippen molar-refractivity contribution in [3.8, 4) is 5.75 Å². The molecule has 1 aromatic carbocycles. The van der Waals surface area contributed by atoms with Gasteiger partial charge in [0, 0.05) is 6.08 Å². The van der Waals surface area contributed by atoms with Crippen LogP contribution in [-0.2, 0) is 4.79 Å². The lowest BCUT2D eigenvalue weighted by Crippen LogP contribution is -1.99. The van der Waals surface area contributed by atoms with Crippen LogP contribution in [0.2, 0.25) is 0 Å². The van der Waals surface area contributed by atoms with E-state index in [-0.39, 0.29) is 6.61 Å². The quantitative estimate of drug-likeness (QED) is 0.779. The van der Waals surface area contributed by atoms with Gasteiger partial charge in [0.05, 0.1) is 0 Å². The molecule has 0 unspecified atom stereocenters. The van der Waals surface area contributed by atoms with Crippen LogP contribution in [0.5, 0.6) is 5.75 Å². The predicted octanol–water partition coefficient (Wildman–Crippen LogP) is 1.98. The van der Waals surface area contributed by atoms with Gasteiger partial charge in [-0.05, 0) is 18.2 Å². The Bertz CT molecular complexity index is 368. The van der Waals surface area contributed by atoms with E-state index in [2.05, 4.69) is 0 Å². The highest BCUT2D eigenvalue weighted by atomic mass is 19.1. The molecular weight excluding hydrogens is 206 g/mol. The summed E-state index contributed by atoms with van der Waals surface area (Å²) in [5.74, 6) is -3.29. The third-order valence-electron chi connectivity index (χ3n) is 1.50. The monoisotopic (exact) mass is 214 g/mol. The summed E-state index contributed by atoms with van der Waals surface area (Å²) in [4.78, 5) is 10.1. The van der Waals surface area contributed by atoms with Crippen LogP contribution < -0.4 is 4.74 Å². The van der Waals surface area contributed by atoms with Crippen molar-refractivity contribution in [3.63, 3.8) is 0 Å². The van der Waals surface area contributed by atoms with Crippen LogP contribution in [0, 0.1) is 11.6 Å². The van der Waals surface area contributed by atoms with E-state index < -0.39 is 23.4 Å². The Morgan fingerprint density at radius 3 is 2.53 bits per heavy atom. The van der Waals surface area contributed by atoms with E-state index in [4.69, 9.17) is 9.84 Å². The van der Waals surface area contributed by atoms with E-state index in [9.17, 15) is 13.6 Å². The molecule has 80 valence electrons. The molecule has 0 aromatic heterocycles. The number of halogens is 2. The number of hydrogen-bond donors (Lipinski definition) is 1. The molecule has 0 aliphatic carbocycles. The topological polar surface area (TPSA) is 46.5 Å².